The number of ether oxygens (including phenoxy) is 2. The van der Waals surface area contributed by atoms with Crippen LogP contribution in [0.15, 0.2) is 11.6 Å². The second kappa shape index (κ2) is 3.02. The fraction of sp³-hybridized carbons (Fsp3) is 0.867. The largest absolute Gasteiger partial charge is 0.390 e. The van der Waals surface area contributed by atoms with E-state index in [0.29, 0.717) is 0 Å². The highest BCUT2D eigenvalue weighted by molar-refractivity contribution is 5.31. The van der Waals surface area contributed by atoms with Gasteiger partial charge in [-0.1, -0.05) is 25.5 Å². The van der Waals surface area contributed by atoms with Gasteiger partial charge in [-0.15, -0.1) is 0 Å². The number of hydrogen-bond acceptors (Lipinski definition) is 3. The molecule has 4 rings (SSSR count). The van der Waals surface area contributed by atoms with Gasteiger partial charge in [0.25, 0.3) is 0 Å². The molecule has 4 aliphatic rings. The summed E-state index contributed by atoms with van der Waals surface area (Å²) in [6.07, 6.45) is 5.04. The van der Waals surface area contributed by atoms with E-state index in [2.05, 4.69) is 26.8 Å². The first-order valence-electron chi connectivity index (χ1n) is 7.08. The Kier molecular flexibility index (Phi) is 1.92. The second-order valence-electron chi connectivity index (χ2n) is 7.19. The van der Waals surface area contributed by atoms with Gasteiger partial charge in [0.2, 0.25) is 0 Å². The quantitative estimate of drug-likeness (QED) is 0.528. The van der Waals surface area contributed by atoms with Gasteiger partial charge in [0.1, 0.15) is 11.7 Å². The molecule has 2 aliphatic heterocycles. The van der Waals surface area contributed by atoms with Crippen molar-refractivity contribution in [2.75, 3.05) is 6.61 Å². The molecule has 0 aromatic carbocycles. The van der Waals surface area contributed by atoms with E-state index in [0.717, 1.165) is 25.9 Å². The van der Waals surface area contributed by atoms with Crippen molar-refractivity contribution >= 4 is 0 Å². The van der Waals surface area contributed by atoms with E-state index in [1.54, 1.807) is 0 Å². The lowest BCUT2D eigenvalue weighted by atomic mass is 9.53. The van der Waals surface area contributed by atoms with Gasteiger partial charge < -0.3 is 14.6 Å². The molecule has 1 N–H and O–H groups in total. The summed E-state index contributed by atoms with van der Waals surface area (Å²) in [5.41, 5.74) is 1.36. The molecule has 100 valence electrons. The predicted octanol–water partition coefficient (Wildman–Crippen LogP) is 2.04. The van der Waals surface area contributed by atoms with Crippen LogP contribution in [0.5, 0.6) is 0 Å². The van der Waals surface area contributed by atoms with Gasteiger partial charge in [0, 0.05) is 10.8 Å². The molecule has 1 spiro atoms. The van der Waals surface area contributed by atoms with Gasteiger partial charge in [-0.05, 0) is 26.2 Å². The molecule has 2 heterocycles. The fourth-order valence-electron chi connectivity index (χ4n) is 4.86. The predicted molar refractivity (Wildman–Crippen MR) is 67.2 cm³/mol. The van der Waals surface area contributed by atoms with Crippen molar-refractivity contribution in [1.82, 2.24) is 0 Å². The van der Waals surface area contributed by atoms with Crippen LogP contribution in [0, 0.1) is 10.8 Å². The van der Waals surface area contributed by atoms with Crippen LogP contribution >= 0.6 is 0 Å². The van der Waals surface area contributed by atoms with Gasteiger partial charge in [-0.2, -0.15) is 0 Å². The van der Waals surface area contributed by atoms with E-state index in [-0.39, 0.29) is 34.7 Å². The molecule has 0 radical (unpaired) electrons. The van der Waals surface area contributed by atoms with Gasteiger partial charge in [0.15, 0.2) is 0 Å². The van der Waals surface area contributed by atoms with Crippen LogP contribution in [0.4, 0.5) is 0 Å². The van der Waals surface area contributed by atoms with Crippen molar-refractivity contribution in [2.45, 2.75) is 63.9 Å². The highest BCUT2D eigenvalue weighted by Crippen LogP contribution is 2.71. The minimum atomic E-state index is -0.367. The summed E-state index contributed by atoms with van der Waals surface area (Å²) in [6, 6.07) is 0. The molecular formula is C15H22O3. The number of rotatable bonds is 0. The maximum Gasteiger partial charge on any atom is 0.126 e. The summed E-state index contributed by atoms with van der Waals surface area (Å²) in [5.74, 6) is 0. The van der Waals surface area contributed by atoms with E-state index in [9.17, 15) is 5.11 Å². The first-order chi connectivity index (χ1) is 8.43. The molecule has 0 aromatic rings. The van der Waals surface area contributed by atoms with Crippen molar-refractivity contribution in [2.24, 2.45) is 10.8 Å². The third-order valence-electron chi connectivity index (χ3n) is 6.47. The summed E-state index contributed by atoms with van der Waals surface area (Å²) in [5, 5.41) is 10.3. The topological polar surface area (TPSA) is 42.0 Å². The Morgan fingerprint density at radius 3 is 2.78 bits per heavy atom. The molecule has 3 nitrogen and oxygen atoms in total. The smallest absolute Gasteiger partial charge is 0.126 e. The minimum Gasteiger partial charge on any atom is -0.390 e. The molecule has 0 aromatic heterocycles. The highest BCUT2D eigenvalue weighted by Gasteiger charge is 2.79. The van der Waals surface area contributed by atoms with Crippen LogP contribution in [-0.2, 0) is 9.47 Å². The summed E-state index contributed by atoms with van der Waals surface area (Å²) in [6.45, 7) is 7.59. The summed E-state index contributed by atoms with van der Waals surface area (Å²) < 4.78 is 12.1. The number of aliphatic hydroxyl groups is 1. The molecule has 0 amide bonds. The first-order valence-corrected chi connectivity index (χ1v) is 7.08. The molecule has 2 aliphatic carbocycles. The Bertz CT molecular complexity index is 439. The fourth-order valence-corrected chi connectivity index (χ4v) is 4.86. The van der Waals surface area contributed by atoms with Crippen molar-refractivity contribution in [3.8, 4) is 0 Å². The zero-order valence-corrected chi connectivity index (χ0v) is 11.4. The second-order valence-corrected chi connectivity index (χ2v) is 7.19. The molecule has 18 heavy (non-hydrogen) atoms. The van der Waals surface area contributed by atoms with Crippen LogP contribution in [0.2, 0.25) is 0 Å². The standard InChI is InChI=1S/C15H22O3/c1-9-4-5-13(2)11(6-9)18-12-10(16)7-14(13,3)15(12)8-17-15/h6,10-12,16H,4-5,7-8H2,1-3H3/t10-,11+,12+,13-,14+,15+/m0/s1. The van der Waals surface area contributed by atoms with E-state index >= 15 is 0 Å². The molecule has 2 saturated heterocycles. The summed E-state index contributed by atoms with van der Waals surface area (Å²) in [4.78, 5) is 0. The average Bonchev–Trinajstić information content (AvgIpc) is 3.06. The zero-order valence-electron chi connectivity index (χ0n) is 11.4. The van der Waals surface area contributed by atoms with Gasteiger partial charge in [0.05, 0.1) is 18.8 Å². The Morgan fingerprint density at radius 2 is 2.11 bits per heavy atom. The number of hydrogen-bond donors (Lipinski definition) is 1. The van der Waals surface area contributed by atoms with Crippen molar-refractivity contribution in [1.29, 1.82) is 0 Å². The lowest BCUT2D eigenvalue weighted by Crippen LogP contribution is -2.61. The SMILES string of the molecule is CC1=C[C@H]2O[C@@H]3[C@@H](O)C[C@](C)([C@@]2(C)CC1)[C@@]31CO1. The number of aliphatic hydroxyl groups excluding tert-OH is 1. The Morgan fingerprint density at radius 1 is 1.39 bits per heavy atom. The Balaban J connectivity index is 1.86. The normalized spacial score (nSPS) is 61.6. The van der Waals surface area contributed by atoms with E-state index in [1.807, 2.05) is 0 Å². The third-order valence-corrected chi connectivity index (χ3v) is 6.47. The van der Waals surface area contributed by atoms with E-state index in [4.69, 9.17) is 9.47 Å². The number of fused-ring (bicyclic) bond motifs is 2. The van der Waals surface area contributed by atoms with E-state index < -0.39 is 0 Å². The molecule has 1 saturated carbocycles. The molecule has 3 heteroatoms. The van der Waals surface area contributed by atoms with Crippen molar-refractivity contribution in [3.63, 3.8) is 0 Å². The average molecular weight is 250 g/mol. The molecule has 3 fully saturated rings. The maximum atomic E-state index is 10.3. The van der Waals surface area contributed by atoms with Crippen LogP contribution in [0.1, 0.15) is 40.0 Å². The van der Waals surface area contributed by atoms with Crippen molar-refractivity contribution in [3.05, 3.63) is 11.6 Å². The Hall–Kier alpha value is -0.380. The van der Waals surface area contributed by atoms with Crippen molar-refractivity contribution < 1.29 is 14.6 Å². The first kappa shape index (κ1) is 11.4. The summed E-state index contributed by atoms with van der Waals surface area (Å²) >= 11 is 0. The minimum absolute atomic E-state index is 0.0458. The van der Waals surface area contributed by atoms with Gasteiger partial charge in [-0.25, -0.2) is 0 Å². The van der Waals surface area contributed by atoms with Crippen LogP contribution in [0.3, 0.4) is 0 Å². The molecule has 6 atom stereocenters. The van der Waals surface area contributed by atoms with Gasteiger partial charge >= 0.3 is 0 Å². The lowest BCUT2D eigenvalue weighted by molar-refractivity contribution is -0.197. The Labute approximate surface area is 108 Å². The lowest BCUT2D eigenvalue weighted by Gasteiger charge is -2.56. The molecule has 2 bridgehead atoms. The zero-order chi connectivity index (χ0) is 12.8. The highest BCUT2D eigenvalue weighted by atomic mass is 16.6. The third kappa shape index (κ3) is 1.01. The maximum absolute atomic E-state index is 10.3. The van der Waals surface area contributed by atoms with Crippen LogP contribution in [0.25, 0.3) is 0 Å². The van der Waals surface area contributed by atoms with Crippen LogP contribution in [-0.4, -0.2) is 35.6 Å². The molecule has 0 unspecified atom stereocenters. The monoisotopic (exact) mass is 250 g/mol. The van der Waals surface area contributed by atoms with Crippen LogP contribution < -0.4 is 0 Å². The van der Waals surface area contributed by atoms with E-state index in [1.165, 1.54) is 5.57 Å². The summed E-state index contributed by atoms with van der Waals surface area (Å²) in [7, 11) is 0. The van der Waals surface area contributed by atoms with Gasteiger partial charge in [-0.3, -0.25) is 0 Å². The number of allylic oxidation sites excluding steroid dienone is 1. The number of epoxide rings is 1. The molecular weight excluding hydrogens is 228 g/mol.